The fourth-order valence-corrected chi connectivity index (χ4v) is 1.33. The van der Waals surface area contributed by atoms with Gasteiger partial charge in [0.2, 0.25) is 0 Å². The van der Waals surface area contributed by atoms with Crippen molar-refractivity contribution in [3.05, 3.63) is 23.8 Å². The number of terminal acetylenes is 1. The summed E-state index contributed by atoms with van der Waals surface area (Å²) in [4.78, 5) is 11.2. The molecule has 0 spiro atoms. The number of hydrogen-bond donors (Lipinski definition) is 0. The van der Waals surface area contributed by atoms with Crippen LogP contribution in [0.15, 0.2) is 23.8 Å². The van der Waals surface area contributed by atoms with Crippen LogP contribution in [0, 0.1) is 17.8 Å². The van der Waals surface area contributed by atoms with Gasteiger partial charge in [-0.15, -0.1) is 12.3 Å². The predicted octanol–water partition coefficient (Wildman–Crippen LogP) is 3.49. The second-order valence-corrected chi connectivity index (χ2v) is 4.79. The van der Waals surface area contributed by atoms with Crippen LogP contribution in [0.25, 0.3) is 0 Å². The number of esters is 1. The van der Waals surface area contributed by atoms with E-state index < -0.39 is 0 Å². The van der Waals surface area contributed by atoms with Crippen molar-refractivity contribution in [2.75, 3.05) is 6.61 Å². The summed E-state index contributed by atoms with van der Waals surface area (Å²) in [5, 5.41) is 0. The first-order chi connectivity index (χ1) is 7.91. The van der Waals surface area contributed by atoms with Gasteiger partial charge in [0.05, 0.1) is 6.61 Å². The van der Waals surface area contributed by atoms with Crippen molar-refractivity contribution < 1.29 is 9.53 Å². The van der Waals surface area contributed by atoms with Crippen LogP contribution in [-0.2, 0) is 9.53 Å². The Kier molecular flexibility index (Phi) is 7.05. The maximum atomic E-state index is 11.2. The van der Waals surface area contributed by atoms with Crippen molar-refractivity contribution in [2.45, 2.75) is 40.5 Å². The highest BCUT2D eigenvalue weighted by atomic mass is 16.5. The maximum Gasteiger partial charge on any atom is 0.330 e. The molecule has 0 aliphatic carbocycles. The zero-order valence-electron chi connectivity index (χ0n) is 11.2. The van der Waals surface area contributed by atoms with E-state index in [1.54, 1.807) is 6.92 Å². The van der Waals surface area contributed by atoms with Crippen LogP contribution < -0.4 is 0 Å². The minimum atomic E-state index is -0.294. The number of carbonyl (C=O) groups is 1. The highest BCUT2D eigenvalue weighted by Gasteiger charge is 2.13. The molecule has 0 aliphatic rings. The first-order valence-corrected chi connectivity index (χ1v) is 5.86. The molecule has 0 aromatic carbocycles. The van der Waals surface area contributed by atoms with E-state index in [1.165, 1.54) is 6.08 Å². The van der Waals surface area contributed by atoms with Gasteiger partial charge in [0.25, 0.3) is 0 Å². The van der Waals surface area contributed by atoms with E-state index in [-0.39, 0.29) is 11.4 Å². The van der Waals surface area contributed by atoms with Crippen molar-refractivity contribution in [3.8, 4) is 12.3 Å². The van der Waals surface area contributed by atoms with Gasteiger partial charge in [-0.2, -0.15) is 0 Å². The monoisotopic (exact) mass is 234 g/mol. The van der Waals surface area contributed by atoms with Crippen LogP contribution in [0.2, 0.25) is 0 Å². The fraction of sp³-hybridized carbons (Fsp3) is 0.533. The summed E-state index contributed by atoms with van der Waals surface area (Å²) in [6.07, 6.45) is 12.4. The molecule has 0 saturated carbocycles. The lowest BCUT2D eigenvalue weighted by molar-refractivity contribution is -0.137. The van der Waals surface area contributed by atoms with Gasteiger partial charge in [0, 0.05) is 12.5 Å². The average molecular weight is 234 g/mol. The first kappa shape index (κ1) is 15.5. The van der Waals surface area contributed by atoms with E-state index in [1.807, 2.05) is 19.1 Å². The largest absolute Gasteiger partial charge is 0.463 e. The molecular formula is C15H22O2. The summed E-state index contributed by atoms with van der Waals surface area (Å²) in [7, 11) is 0. The third kappa shape index (κ3) is 8.33. The number of rotatable bonds is 6. The second kappa shape index (κ2) is 7.73. The Hall–Kier alpha value is -1.49. The summed E-state index contributed by atoms with van der Waals surface area (Å²) in [6.45, 7) is 8.32. The summed E-state index contributed by atoms with van der Waals surface area (Å²) in [5.74, 6) is 2.38. The number of carbonyl (C=O) groups excluding carboxylic acids is 1. The van der Waals surface area contributed by atoms with Crippen molar-refractivity contribution >= 4 is 5.97 Å². The highest BCUT2D eigenvalue weighted by molar-refractivity contribution is 5.83. The molecule has 0 aromatic rings. The Labute approximate surface area is 105 Å². The smallest absolute Gasteiger partial charge is 0.330 e. The third-order valence-corrected chi connectivity index (χ3v) is 2.26. The van der Waals surface area contributed by atoms with Gasteiger partial charge in [-0.25, -0.2) is 4.79 Å². The average Bonchev–Trinajstić information content (AvgIpc) is 2.16. The van der Waals surface area contributed by atoms with Gasteiger partial charge in [-0.1, -0.05) is 26.0 Å². The molecule has 0 heterocycles. The molecule has 2 nitrogen and oxygen atoms in total. The van der Waals surface area contributed by atoms with Crippen molar-refractivity contribution in [2.24, 2.45) is 5.41 Å². The molecule has 0 bridgehead atoms. The lowest BCUT2D eigenvalue weighted by atomic mass is 9.86. The van der Waals surface area contributed by atoms with Gasteiger partial charge in [-0.3, -0.25) is 0 Å². The van der Waals surface area contributed by atoms with Gasteiger partial charge in [0.15, 0.2) is 0 Å². The molecule has 0 fully saturated rings. The second-order valence-electron chi connectivity index (χ2n) is 4.79. The number of allylic oxidation sites excluding steroid dienone is 3. The molecule has 94 valence electrons. The van der Waals surface area contributed by atoms with E-state index in [2.05, 4.69) is 19.8 Å². The topological polar surface area (TPSA) is 26.3 Å². The van der Waals surface area contributed by atoms with Crippen molar-refractivity contribution in [1.82, 2.24) is 0 Å². The highest BCUT2D eigenvalue weighted by Crippen LogP contribution is 2.24. The Bertz CT molecular complexity index is 340. The van der Waals surface area contributed by atoms with E-state index >= 15 is 0 Å². The van der Waals surface area contributed by atoms with Crippen LogP contribution in [-0.4, -0.2) is 12.6 Å². The molecule has 0 rings (SSSR count). The lowest BCUT2D eigenvalue weighted by Gasteiger charge is -2.19. The zero-order chi connectivity index (χ0) is 13.3. The van der Waals surface area contributed by atoms with Crippen LogP contribution >= 0.6 is 0 Å². The molecule has 0 amide bonds. The lowest BCUT2D eigenvalue weighted by Crippen LogP contribution is -2.08. The van der Waals surface area contributed by atoms with Gasteiger partial charge < -0.3 is 4.74 Å². The Balaban J connectivity index is 4.26. The first-order valence-electron chi connectivity index (χ1n) is 5.86. The Morgan fingerprint density at radius 2 is 2.12 bits per heavy atom. The molecule has 0 saturated heterocycles. The molecule has 0 unspecified atom stereocenters. The van der Waals surface area contributed by atoms with Crippen LogP contribution in [0.1, 0.15) is 40.5 Å². The number of ether oxygens (including phenoxy) is 1. The molecule has 0 radical (unpaired) electrons. The quantitative estimate of drug-likeness (QED) is 0.304. The molecule has 0 N–H and O–H groups in total. The summed E-state index contributed by atoms with van der Waals surface area (Å²) < 4.78 is 4.82. The maximum absolute atomic E-state index is 11.2. The molecule has 2 heteroatoms. The Morgan fingerprint density at radius 1 is 1.47 bits per heavy atom. The summed E-state index contributed by atoms with van der Waals surface area (Å²) >= 11 is 0. The summed E-state index contributed by atoms with van der Waals surface area (Å²) in [5.41, 5.74) is 0.995. The van der Waals surface area contributed by atoms with E-state index in [9.17, 15) is 4.79 Å². The molecule has 0 aromatic heterocycles. The molecular weight excluding hydrogens is 212 g/mol. The van der Waals surface area contributed by atoms with Crippen LogP contribution in [0.4, 0.5) is 0 Å². The summed E-state index contributed by atoms with van der Waals surface area (Å²) in [6, 6.07) is 0. The van der Waals surface area contributed by atoms with E-state index in [0.29, 0.717) is 6.61 Å². The fourth-order valence-electron chi connectivity index (χ4n) is 1.33. The van der Waals surface area contributed by atoms with Gasteiger partial charge in [0.1, 0.15) is 0 Å². The van der Waals surface area contributed by atoms with Crippen LogP contribution in [0.3, 0.4) is 0 Å². The zero-order valence-corrected chi connectivity index (χ0v) is 11.2. The van der Waals surface area contributed by atoms with Gasteiger partial charge in [-0.05, 0) is 31.3 Å². The molecule has 0 aliphatic heterocycles. The predicted molar refractivity (Wildman–Crippen MR) is 71.4 cm³/mol. The molecule has 17 heavy (non-hydrogen) atoms. The van der Waals surface area contributed by atoms with Crippen LogP contribution in [0.5, 0.6) is 0 Å². The van der Waals surface area contributed by atoms with E-state index in [4.69, 9.17) is 11.2 Å². The Morgan fingerprint density at radius 3 is 2.65 bits per heavy atom. The molecule has 0 atom stereocenters. The minimum absolute atomic E-state index is 0.107. The van der Waals surface area contributed by atoms with Crippen molar-refractivity contribution in [1.29, 1.82) is 0 Å². The van der Waals surface area contributed by atoms with E-state index in [0.717, 1.165) is 18.4 Å². The van der Waals surface area contributed by atoms with Gasteiger partial charge >= 0.3 is 5.97 Å². The third-order valence-electron chi connectivity index (χ3n) is 2.26. The normalized spacial score (nSPS) is 12.5. The minimum Gasteiger partial charge on any atom is -0.463 e. The van der Waals surface area contributed by atoms with Crippen molar-refractivity contribution in [3.63, 3.8) is 0 Å². The standard InChI is InChI=1S/C15H22O2/c1-6-10-15(4,5)11-8-9-13(3)12-14(16)17-7-2/h1,8-9,12H,7,10-11H2,2-5H3/b9-8+,13-12+. The SMILES string of the molecule is C#CCC(C)(C)C/C=C/C(C)=C/C(=O)OCC. The number of hydrogen-bond acceptors (Lipinski definition) is 2.